The molecular weight excluding hydrogens is 361 g/mol. The van der Waals surface area contributed by atoms with Gasteiger partial charge in [0.2, 0.25) is 0 Å². The first-order chi connectivity index (χ1) is 12.7. The number of benzene rings is 3. The maximum Gasteiger partial charge on any atom is 0.0504 e. The van der Waals surface area contributed by atoms with Gasteiger partial charge in [-0.3, -0.25) is 0 Å². The Morgan fingerprint density at radius 2 is 1.31 bits per heavy atom. The summed E-state index contributed by atoms with van der Waals surface area (Å²) >= 11 is 12.2. The van der Waals surface area contributed by atoms with Gasteiger partial charge in [-0.15, -0.1) is 0 Å². The van der Waals surface area contributed by atoms with Crippen LogP contribution in [0.3, 0.4) is 0 Å². The van der Waals surface area contributed by atoms with Crippen LogP contribution in [-0.2, 0) is 6.54 Å². The van der Waals surface area contributed by atoms with E-state index in [1.807, 2.05) is 24.3 Å². The molecule has 26 heavy (non-hydrogen) atoms. The minimum absolute atomic E-state index is 0.751. The highest BCUT2D eigenvalue weighted by Crippen LogP contribution is 2.42. The van der Waals surface area contributed by atoms with E-state index in [2.05, 4.69) is 59.2 Å². The van der Waals surface area contributed by atoms with Gasteiger partial charge < -0.3 is 4.57 Å². The van der Waals surface area contributed by atoms with Crippen molar-refractivity contribution >= 4 is 45.3 Å². The van der Waals surface area contributed by atoms with Gasteiger partial charge in [0, 0.05) is 33.1 Å². The van der Waals surface area contributed by atoms with Crippen molar-refractivity contribution < 1.29 is 0 Å². The molecule has 3 aromatic carbocycles. The van der Waals surface area contributed by atoms with E-state index in [4.69, 9.17) is 23.2 Å². The van der Waals surface area contributed by atoms with Gasteiger partial charge in [0.15, 0.2) is 0 Å². The van der Waals surface area contributed by atoms with Crippen LogP contribution < -0.4 is 0 Å². The van der Waals surface area contributed by atoms with Gasteiger partial charge in [-0.25, -0.2) is 0 Å². The predicted octanol–water partition coefficient (Wildman–Crippen LogP) is 6.92. The molecule has 1 aliphatic rings. The molecule has 0 unspecified atom stereocenters. The lowest BCUT2D eigenvalue weighted by molar-refractivity contribution is 0.893. The van der Waals surface area contributed by atoms with Crippen molar-refractivity contribution in [2.24, 2.45) is 0 Å². The number of aromatic nitrogens is 1. The molecule has 0 saturated heterocycles. The zero-order chi connectivity index (χ0) is 17.7. The maximum atomic E-state index is 6.12. The number of hydrogen-bond donors (Lipinski definition) is 0. The van der Waals surface area contributed by atoms with Crippen molar-refractivity contribution in [2.45, 2.75) is 6.54 Å². The molecule has 1 nitrogen and oxygen atoms in total. The third-order valence-electron chi connectivity index (χ3n) is 5.01. The summed E-state index contributed by atoms with van der Waals surface area (Å²) in [6.07, 6.45) is 0. The number of nitrogens with zero attached hydrogens (tertiary/aromatic N) is 1. The summed E-state index contributed by atoms with van der Waals surface area (Å²) in [5, 5.41) is 2.77. The minimum atomic E-state index is 0.751. The van der Waals surface area contributed by atoms with Crippen LogP contribution in [0.2, 0.25) is 10.0 Å². The second kappa shape index (κ2) is 6.05. The highest BCUT2D eigenvalue weighted by Gasteiger charge is 2.25. The number of para-hydroxylation sites is 1. The summed E-state index contributed by atoms with van der Waals surface area (Å²) < 4.78 is 2.39. The zero-order valence-electron chi connectivity index (χ0n) is 13.9. The molecule has 1 aliphatic heterocycles. The normalized spacial score (nSPS) is 13.5. The third-order valence-corrected chi connectivity index (χ3v) is 5.51. The second-order valence-electron chi connectivity index (χ2n) is 6.54. The van der Waals surface area contributed by atoms with Crippen LogP contribution >= 0.6 is 23.2 Å². The lowest BCUT2D eigenvalue weighted by atomic mass is 9.94. The molecule has 0 bridgehead atoms. The Labute approximate surface area is 162 Å². The Morgan fingerprint density at radius 3 is 2.00 bits per heavy atom. The van der Waals surface area contributed by atoms with Gasteiger partial charge in [0.25, 0.3) is 0 Å². The van der Waals surface area contributed by atoms with Crippen LogP contribution in [0.25, 0.3) is 22.0 Å². The molecule has 5 rings (SSSR count). The van der Waals surface area contributed by atoms with E-state index in [9.17, 15) is 0 Å². The quantitative estimate of drug-likeness (QED) is 0.358. The summed E-state index contributed by atoms with van der Waals surface area (Å²) in [7, 11) is 0. The Kier molecular flexibility index (Phi) is 3.66. The Morgan fingerprint density at radius 1 is 0.692 bits per heavy atom. The van der Waals surface area contributed by atoms with Gasteiger partial charge in [-0.05, 0) is 53.1 Å². The van der Waals surface area contributed by atoms with Crippen molar-refractivity contribution in [3.63, 3.8) is 0 Å². The third kappa shape index (κ3) is 2.47. The van der Waals surface area contributed by atoms with Gasteiger partial charge >= 0.3 is 0 Å². The smallest absolute Gasteiger partial charge is 0.0504 e. The molecular formula is C23H15Cl2N. The molecule has 1 aromatic heterocycles. The average Bonchev–Trinajstić information content (AvgIpc) is 3.19. The number of fused-ring (bicyclic) bond motifs is 3. The highest BCUT2D eigenvalue weighted by molar-refractivity contribution is 6.31. The van der Waals surface area contributed by atoms with E-state index < -0.39 is 0 Å². The summed E-state index contributed by atoms with van der Waals surface area (Å²) in [5.74, 6) is 0. The summed E-state index contributed by atoms with van der Waals surface area (Å²) in [6, 6.07) is 27.0. The average molecular weight is 376 g/mol. The zero-order valence-corrected chi connectivity index (χ0v) is 15.4. The maximum absolute atomic E-state index is 6.12. The summed E-state index contributed by atoms with van der Waals surface area (Å²) in [6.45, 7) is 0.850. The van der Waals surface area contributed by atoms with Crippen molar-refractivity contribution in [3.05, 3.63) is 106 Å². The molecule has 0 N–H and O–H groups in total. The molecule has 0 amide bonds. The van der Waals surface area contributed by atoms with Crippen LogP contribution in [0.1, 0.15) is 16.8 Å². The Bertz CT molecular complexity index is 1150. The molecule has 0 radical (unpaired) electrons. The van der Waals surface area contributed by atoms with E-state index in [1.54, 1.807) is 0 Å². The standard InChI is InChI=1S/C23H15Cl2N/c24-18-9-5-15(6-10-18)20-14-26-21-4-2-1-3-17(21)13-22(26)23(20)16-7-11-19(25)12-8-16/h1-13H,14H2. The second-order valence-corrected chi connectivity index (χ2v) is 7.41. The number of allylic oxidation sites excluding steroid dienone is 1. The SMILES string of the molecule is Clc1ccc(C2=C(c3ccc(Cl)cc3)c3cc4ccccc4n3C2)cc1. The number of halogens is 2. The molecule has 0 aliphatic carbocycles. The van der Waals surface area contributed by atoms with E-state index in [0.29, 0.717) is 0 Å². The molecule has 0 fully saturated rings. The first-order valence-corrected chi connectivity index (χ1v) is 9.30. The largest absolute Gasteiger partial charge is 0.336 e. The van der Waals surface area contributed by atoms with Crippen LogP contribution in [0.4, 0.5) is 0 Å². The van der Waals surface area contributed by atoms with Crippen molar-refractivity contribution in [1.29, 1.82) is 0 Å². The Balaban J connectivity index is 1.78. The first-order valence-electron chi connectivity index (χ1n) is 8.54. The van der Waals surface area contributed by atoms with Gasteiger partial charge in [-0.1, -0.05) is 65.7 Å². The van der Waals surface area contributed by atoms with E-state index in [0.717, 1.165) is 16.6 Å². The predicted molar refractivity (Wildman–Crippen MR) is 111 cm³/mol. The summed E-state index contributed by atoms with van der Waals surface area (Å²) in [4.78, 5) is 0. The molecule has 126 valence electrons. The number of rotatable bonds is 2. The van der Waals surface area contributed by atoms with Gasteiger partial charge in [-0.2, -0.15) is 0 Å². The van der Waals surface area contributed by atoms with Crippen molar-refractivity contribution in [1.82, 2.24) is 4.57 Å². The molecule has 4 aromatic rings. The lowest BCUT2D eigenvalue weighted by Gasteiger charge is -2.09. The van der Waals surface area contributed by atoms with Crippen LogP contribution in [0.5, 0.6) is 0 Å². The fourth-order valence-electron chi connectivity index (χ4n) is 3.80. The summed E-state index contributed by atoms with van der Waals surface area (Å²) in [5.41, 5.74) is 7.47. The van der Waals surface area contributed by atoms with Gasteiger partial charge in [0.1, 0.15) is 0 Å². The lowest BCUT2D eigenvalue weighted by Crippen LogP contribution is -1.95. The fourth-order valence-corrected chi connectivity index (χ4v) is 4.06. The van der Waals surface area contributed by atoms with Crippen LogP contribution in [0, 0.1) is 0 Å². The molecule has 2 heterocycles. The first kappa shape index (κ1) is 15.7. The molecule has 3 heteroatoms. The van der Waals surface area contributed by atoms with Crippen molar-refractivity contribution in [3.8, 4) is 0 Å². The topological polar surface area (TPSA) is 4.93 Å². The van der Waals surface area contributed by atoms with Crippen molar-refractivity contribution in [2.75, 3.05) is 0 Å². The molecule has 0 atom stereocenters. The van der Waals surface area contributed by atoms with E-state index >= 15 is 0 Å². The highest BCUT2D eigenvalue weighted by atomic mass is 35.5. The van der Waals surface area contributed by atoms with E-state index in [1.165, 1.54) is 38.9 Å². The van der Waals surface area contributed by atoms with E-state index in [-0.39, 0.29) is 0 Å². The van der Waals surface area contributed by atoms with Gasteiger partial charge in [0.05, 0.1) is 5.69 Å². The van der Waals surface area contributed by atoms with Crippen LogP contribution in [0.15, 0.2) is 78.9 Å². The monoisotopic (exact) mass is 375 g/mol. The van der Waals surface area contributed by atoms with Crippen LogP contribution in [-0.4, -0.2) is 4.57 Å². The Hall–Kier alpha value is -2.48. The molecule has 0 spiro atoms. The number of hydrogen-bond acceptors (Lipinski definition) is 0. The molecule has 0 saturated carbocycles. The fraction of sp³-hybridized carbons (Fsp3) is 0.0435. The minimum Gasteiger partial charge on any atom is -0.336 e.